The molecule has 0 amide bonds. The fraction of sp³-hybridized carbons (Fsp3) is 0.346. The number of imidazole rings is 1. The van der Waals surface area contributed by atoms with Crippen molar-refractivity contribution in [3.8, 4) is 0 Å². The number of hydrogen-bond acceptors (Lipinski definition) is 3. The molecule has 1 aromatic heterocycles. The maximum Gasteiger partial charge on any atom is 0.376 e. The molecule has 1 aliphatic carbocycles. The van der Waals surface area contributed by atoms with Crippen LogP contribution in [-0.4, -0.2) is 39.5 Å². The minimum atomic E-state index is -0.360. The Balaban J connectivity index is 1.58. The lowest BCUT2D eigenvalue weighted by atomic mass is 9.72. The molecule has 158 valence electrons. The lowest BCUT2D eigenvalue weighted by molar-refractivity contribution is 0.236. The molecule has 0 radical (unpaired) electrons. The highest BCUT2D eigenvalue weighted by molar-refractivity contribution is 6.45. The second kappa shape index (κ2) is 8.48. The van der Waals surface area contributed by atoms with E-state index in [0.29, 0.717) is 11.8 Å². The van der Waals surface area contributed by atoms with Gasteiger partial charge in [0.1, 0.15) is 5.82 Å². The molecular weight excluding hydrogens is 381 g/mol. The third kappa shape index (κ3) is 3.88. The van der Waals surface area contributed by atoms with Crippen LogP contribution in [0.25, 0.3) is 11.6 Å². The summed E-state index contributed by atoms with van der Waals surface area (Å²) in [6.07, 6.45) is 8.55. The minimum Gasteiger partial charge on any atom is -0.437 e. The second-order valence-corrected chi connectivity index (χ2v) is 8.97. The van der Waals surface area contributed by atoms with Crippen molar-refractivity contribution < 1.29 is 5.02 Å². The van der Waals surface area contributed by atoms with E-state index < -0.39 is 0 Å². The van der Waals surface area contributed by atoms with Gasteiger partial charge in [-0.15, -0.1) is 0 Å². The summed E-state index contributed by atoms with van der Waals surface area (Å²) in [7, 11) is -0.360. The Bertz CT molecular complexity index is 1100. The van der Waals surface area contributed by atoms with Gasteiger partial charge in [0.25, 0.3) is 0 Å². The molecule has 0 bridgehead atoms. The number of benzene rings is 2. The zero-order chi connectivity index (χ0) is 21.4. The molecule has 1 aliphatic heterocycles. The Kier molecular flexibility index (Phi) is 5.55. The molecular formula is C26H30BN3O. The first-order valence-electron chi connectivity index (χ1n) is 11.4. The smallest absolute Gasteiger partial charge is 0.376 e. The van der Waals surface area contributed by atoms with E-state index in [1.807, 2.05) is 13.0 Å². The molecule has 3 aromatic rings. The molecule has 31 heavy (non-hydrogen) atoms. The Labute approximate surface area is 185 Å². The fourth-order valence-corrected chi connectivity index (χ4v) is 5.44. The van der Waals surface area contributed by atoms with Crippen molar-refractivity contribution in [1.29, 1.82) is 0 Å². The van der Waals surface area contributed by atoms with Crippen LogP contribution < -0.4 is 0 Å². The minimum absolute atomic E-state index is 0.360. The number of aryl methyl sites for hydroxylation is 1. The fourth-order valence-electron chi connectivity index (χ4n) is 5.44. The quantitative estimate of drug-likeness (QED) is 0.633. The lowest BCUT2D eigenvalue weighted by Crippen LogP contribution is -2.44. The first kappa shape index (κ1) is 20.3. The molecule has 5 heteroatoms. The van der Waals surface area contributed by atoms with Gasteiger partial charge < -0.3 is 14.4 Å². The SMILES string of the molecule is CB(O)N1CCC(C2c3ccccc3C=C(Cn3ccnc3C)c3ccccc32)CC1. The summed E-state index contributed by atoms with van der Waals surface area (Å²) in [6.45, 7) is 6.68. The number of piperidine rings is 1. The van der Waals surface area contributed by atoms with Crippen molar-refractivity contribution in [1.82, 2.24) is 14.4 Å². The zero-order valence-electron chi connectivity index (χ0n) is 18.4. The second-order valence-electron chi connectivity index (χ2n) is 8.97. The predicted molar refractivity (Wildman–Crippen MR) is 128 cm³/mol. The molecule has 2 aliphatic rings. The summed E-state index contributed by atoms with van der Waals surface area (Å²) >= 11 is 0. The van der Waals surface area contributed by atoms with Crippen LogP contribution in [0, 0.1) is 12.8 Å². The van der Waals surface area contributed by atoms with E-state index in [0.717, 1.165) is 38.3 Å². The molecule has 1 fully saturated rings. The molecule has 1 N–H and O–H groups in total. The van der Waals surface area contributed by atoms with Gasteiger partial charge in [0.15, 0.2) is 0 Å². The van der Waals surface area contributed by atoms with Crippen molar-refractivity contribution in [3.05, 3.63) is 89.0 Å². The maximum absolute atomic E-state index is 10.0. The molecule has 4 nitrogen and oxygen atoms in total. The molecule has 1 atom stereocenters. The zero-order valence-corrected chi connectivity index (χ0v) is 18.4. The van der Waals surface area contributed by atoms with Crippen molar-refractivity contribution >= 4 is 18.7 Å². The molecule has 0 spiro atoms. The van der Waals surface area contributed by atoms with E-state index in [-0.39, 0.29) is 7.05 Å². The summed E-state index contributed by atoms with van der Waals surface area (Å²) in [5.74, 6) is 1.99. The predicted octanol–water partition coefficient (Wildman–Crippen LogP) is 4.70. The molecule has 5 rings (SSSR count). The van der Waals surface area contributed by atoms with Gasteiger partial charge in [-0.3, -0.25) is 0 Å². The normalized spacial score (nSPS) is 19.3. The average molecular weight is 411 g/mol. The summed E-state index contributed by atoms with van der Waals surface area (Å²) in [5, 5.41) is 10.0. The number of nitrogens with zero attached hydrogens (tertiary/aromatic N) is 3. The van der Waals surface area contributed by atoms with Crippen LogP contribution in [0.15, 0.2) is 60.9 Å². The lowest BCUT2D eigenvalue weighted by Gasteiger charge is -2.37. The first-order chi connectivity index (χ1) is 15.1. The van der Waals surface area contributed by atoms with E-state index in [1.165, 1.54) is 27.8 Å². The highest BCUT2D eigenvalue weighted by Gasteiger charge is 2.34. The van der Waals surface area contributed by atoms with E-state index in [1.54, 1.807) is 0 Å². The molecule has 0 saturated carbocycles. The summed E-state index contributed by atoms with van der Waals surface area (Å²) in [6, 6.07) is 17.9. The third-order valence-corrected chi connectivity index (χ3v) is 7.14. The van der Waals surface area contributed by atoms with Crippen LogP contribution in [0.1, 0.15) is 46.8 Å². The van der Waals surface area contributed by atoms with Crippen LogP contribution >= 0.6 is 0 Å². The Morgan fingerprint density at radius 1 is 1.03 bits per heavy atom. The van der Waals surface area contributed by atoms with E-state index in [2.05, 4.69) is 82.1 Å². The van der Waals surface area contributed by atoms with Crippen LogP contribution in [0.3, 0.4) is 0 Å². The van der Waals surface area contributed by atoms with Crippen LogP contribution in [0.5, 0.6) is 0 Å². The monoisotopic (exact) mass is 411 g/mol. The number of fused-ring (bicyclic) bond motifs is 2. The molecule has 2 aromatic carbocycles. The number of allylic oxidation sites excluding steroid dienone is 1. The van der Waals surface area contributed by atoms with Gasteiger partial charge in [0, 0.05) is 24.9 Å². The van der Waals surface area contributed by atoms with Crippen LogP contribution in [0.4, 0.5) is 0 Å². The maximum atomic E-state index is 10.0. The standard InChI is InChI=1S/C26H30BN3O/c1-19-28-13-16-29(19)18-22-17-21-7-3-4-9-24(21)26(25-10-6-5-8-23(22)25)20-11-14-30(15-12-20)27(2)31/h3-10,13,16-17,20,26,31H,11-12,14-15,18H2,1-2H3. The van der Waals surface area contributed by atoms with Crippen LogP contribution in [0.2, 0.25) is 6.82 Å². The largest absolute Gasteiger partial charge is 0.437 e. The van der Waals surface area contributed by atoms with Gasteiger partial charge in [-0.1, -0.05) is 48.5 Å². The van der Waals surface area contributed by atoms with E-state index in [9.17, 15) is 5.02 Å². The van der Waals surface area contributed by atoms with Gasteiger partial charge in [0.05, 0.1) is 0 Å². The van der Waals surface area contributed by atoms with Crippen molar-refractivity contribution in [2.24, 2.45) is 5.92 Å². The van der Waals surface area contributed by atoms with Crippen LogP contribution in [-0.2, 0) is 6.54 Å². The van der Waals surface area contributed by atoms with Crippen molar-refractivity contribution in [3.63, 3.8) is 0 Å². The number of rotatable bonds is 4. The van der Waals surface area contributed by atoms with Crippen molar-refractivity contribution in [2.75, 3.05) is 13.1 Å². The summed E-state index contributed by atoms with van der Waals surface area (Å²) < 4.78 is 2.23. The van der Waals surface area contributed by atoms with E-state index in [4.69, 9.17) is 0 Å². The van der Waals surface area contributed by atoms with Gasteiger partial charge in [-0.05, 0) is 79.5 Å². The third-order valence-electron chi connectivity index (χ3n) is 7.14. The Morgan fingerprint density at radius 2 is 1.74 bits per heavy atom. The topological polar surface area (TPSA) is 41.3 Å². The Hall–Kier alpha value is -2.63. The molecule has 1 saturated heterocycles. The van der Waals surface area contributed by atoms with Gasteiger partial charge in [-0.25, -0.2) is 4.98 Å². The Morgan fingerprint density at radius 3 is 2.45 bits per heavy atom. The van der Waals surface area contributed by atoms with Gasteiger partial charge in [-0.2, -0.15) is 0 Å². The average Bonchev–Trinajstić information content (AvgIpc) is 3.13. The van der Waals surface area contributed by atoms with E-state index >= 15 is 0 Å². The highest BCUT2D eigenvalue weighted by atomic mass is 16.2. The highest BCUT2D eigenvalue weighted by Crippen LogP contribution is 2.45. The van der Waals surface area contributed by atoms with Gasteiger partial charge in [0.2, 0.25) is 0 Å². The van der Waals surface area contributed by atoms with Crippen molar-refractivity contribution in [2.45, 2.75) is 39.1 Å². The molecule has 1 unspecified atom stereocenters. The number of hydrogen-bond donors (Lipinski definition) is 1. The summed E-state index contributed by atoms with van der Waals surface area (Å²) in [5.41, 5.74) is 6.90. The number of aromatic nitrogens is 2. The summed E-state index contributed by atoms with van der Waals surface area (Å²) in [4.78, 5) is 6.62. The molecule has 2 heterocycles. The first-order valence-corrected chi connectivity index (χ1v) is 11.4. The van der Waals surface area contributed by atoms with Gasteiger partial charge >= 0.3 is 7.05 Å².